The molecule has 0 saturated carbocycles. The maximum Gasteiger partial charge on any atom is 0.242 e. The second-order valence-corrected chi connectivity index (χ2v) is 10.8. The SMILES string of the molecule is Cc1ccc(NC(=O)CS(=O)(=O)c2cn(CC(=O)N(C(C)C)C(C)C)c3ccccc23)cc1. The molecule has 1 N–H and O–H groups in total. The van der Waals surface area contributed by atoms with Gasteiger partial charge in [0.1, 0.15) is 12.3 Å². The van der Waals surface area contributed by atoms with Gasteiger partial charge in [0, 0.05) is 34.9 Å². The molecule has 7 nitrogen and oxygen atoms in total. The van der Waals surface area contributed by atoms with Crippen LogP contribution in [-0.2, 0) is 26.0 Å². The van der Waals surface area contributed by atoms with E-state index in [2.05, 4.69) is 5.32 Å². The summed E-state index contributed by atoms with van der Waals surface area (Å²) >= 11 is 0. The van der Waals surface area contributed by atoms with E-state index in [1.807, 2.05) is 46.8 Å². The summed E-state index contributed by atoms with van der Waals surface area (Å²) in [5, 5.41) is 3.13. The summed E-state index contributed by atoms with van der Waals surface area (Å²) in [5.74, 6) is -1.40. The van der Waals surface area contributed by atoms with E-state index in [1.54, 1.807) is 45.9 Å². The van der Waals surface area contributed by atoms with Crippen molar-refractivity contribution in [1.29, 1.82) is 0 Å². The van der Waals surface area contributed by atoms with Crippen LogP contribution in [0.15, 0.2) is 59.6 Å². The van der Waals surface area contributed by atoms with Gasteiger partial charge in [-0.3, -0.25) is 9.59 Å². The molecule has 3 rings (SSSR count). The van der Waals surface area contributed by atoms with E-state index in [0.717, 1.165) is 5.56 Å². The Bertz CT molecular complexity index is 1250. The highest BCUT2D eigenvalue weighted by atomic mass is 32.2. The van der Waals surface area contributed by atoms with Gasteiger partial charge in [-0.2, -0.15) is 0 Å². The Kier molecular flexibility index (Phi) is 7.27. The largest absolute Gasteiger partial charge is 0.337 e. The molecule has 2 amide bonds. The van der Waals surface area contributed by atoms with Gasteiger partial charge in [0.2, 0.25) is 11.8 Å². The maximum atomic E-state index is 13.2. The Morgan fingerprint density at radius 2 is 1.58 bits per heavy atom. The molecule has 8 heteroatoms. The Morgan fingerprint density at radius 1 is 0.970 bits per heavy atom. The van der Waals surface area contributed by atoms with E-state index in [0.29, 0.717) is 16.6 Å². The van der Waals surface area contributed by atoms with Crippen molar-refractivity contribution in [3.05, 3.63) is 60.3 Å². The van der Waals surface area contributed by atoms with Gasteiger partial charge in [0.05, 0.1) is 4.90 Å². The van der Waals surface area contributed by atoms with E-state index in [9.17, 15) is 18.0 Å². The summed E-state index contributed by atoms with van der Waals surface area (Å²) in [7, 11) is -3.94. The lowest BCUT2D eigenvalue weighted by Crippen LogP contribution is -2.43. The van der Waals surface area contributed by atoms with Crippen molar-refractivity contribution < 1.29 is 18.0 Å². The molecule has 0 fully saturated rings. The molecule has 1 aromatic heterocycles. The minimum Gasteiger partial charge on any atom is -0.337 e. The maximum absolute atomic E-state index is 13.2. The highest BCUT2D eigenvalue weighted by molar-refractivity contribution is 7.92. The molecular weight excluding hydrogens is 438 g/mol. The Hall–Kier alpha value is -3.13. The molecular formula is C25H31N3O4S. The number of carbonyl (C=O) groups excluding carboxylic acids is 2. The first-order valence-electron chi connectivity index (χ1n) is 11.0. The molecule has 1 heterocycles. The van der Waals surface area contributed by atoms with Crippen molar-refractivity contribution >= 4 is 38.2 Å². The first-order chi connectivity index (χ1) is 15.5. The summed E-state index contributed by atoms with van der Waals surface area (Å²) in [5.41, 5.74) is 2.21. The summed E-state index contributed by atoms with van der Waals surface area (Å²) in [6.45, 7) is 9.75. The van der Waals surface area contributed by atoms with Gasteiger partial charge >= 0.3 is 0 Å². The van der Waals surface area contributed by atoms with Gasteiger partial charge in [-0.05, 0) is 52.8 Å². The minimum atomic E-state index is -3.94. The number of nitrogens with zero attached hydrogens (tertiary/aromatic N) is 2. The third-order valence-corrected chi connectivity index (χ3v) is 7.09. The number of carbonyl (C=O) groups is 2. The molecule has 0 radical (unpaired) electrons. The number of hydrogen-bond donors (Lipinski definition) is 1. The highest BCUT2D eigenvalue weighted by Crippen LogP contribution is 2.27. The first-order valence-corrected chi connectivity index (χ1v) is 12.6. The van der Waals surface area contributed by atoms with E-state index >= 15 is 0 Å². The van der Waals surface area contributed by atoms with Crippen LogP contribution in [0.2, 0.25) is 0 Å². The third-order valence-electron chi connectivity index (χ3n) is 5.45. The van der Waals surface area contributed by atoms with Crippen molar-refractivity contribution in [2.45, 2.75) is 58.1 Å². The van der Waals surface area contributed by atoms with Gasteiger partial charge in [-0.25, -0.2) is 8.42 Å². The molecule has 0 aliphatic rings. The van der Waals surface area contributed by atoms with Crippen LogP contribution < -0.4 is 5.32 Å². The molecule has 2 aromatic carbocycles. The highest BCUT2D eigenvalue weighted by Gasteiger charge is 2.26. The Labute approximate surface area is 195 Å². The minimum absolute atomic E-state index is 0.0158. The van der Waals surface area contributed by atoms with Crippen LogP contribution in [0.3, 0.4) is 0 Å². The summed E-state index contributed by atoms with van der Waals surface area (Å²) in [4.78, 5) is 27.3. The van der Waals surface area contributed by atoms with E-state index in [1.165, 1.54) is 6.20 Å². The molecule has 0 saturated heterocycles. The second kappa shape index (κ2) is 9.79. The molecule has 176 valence electrons. The molecule has 0 aliphatic carbocycles. The van der Waals surface area contributed by atoms with Crippen molar-refractivity contribution in [2.24, 2.45) is 0 Å². The van der Waals surface area contributed by atoms with Gasteiger partial charge in [-0.1, -0.05) is 35.9 Å². The predicted molar refractivity (Wildman–Crippen MR) is 131 cm³/mol. The van der Waals surface area contributed by atoms with Crippen molar-refractivity contribution in [1.82, 2.24) is 9.47 Å². The molecule has 0 unspecified atom stereocenters. The predicted octanol–water partition coefficient (Wildman–Crippen LogP) is 4.01. The number of aryl methyl sites for hydroxylation is 1. The molecule has 3 aromatic rings. The lowest BCUT2D eigenvalue weighted by atomic mass is 10.2. The number of sulfone groups is 1. The Morgan fingerprint density at radius 3 is 2.18 bits per heavy atom. The zero-order valence-electron chi connectivity index (χ0n) is 19.7. The molecule has 0 bridgehead atoms. The topological polar surface area (TPSA) is 88.5 Å². The van der Waals surface area contributed by atoms with Gasteiger partial charge < -0.3 is 14.8 Å². The molecule has 33 heavy (non-hydrogen) atoms. The average molecular weight is 470 g/mol. The van der Waals surface area contributed by atoms with E-state index in [-0.39, 0.29) is 29.4 Å². The van der Waals surface area contributed by atoms with Crippen LogP contribution in [0.25, 0.3) is 10.9 Å². The van der Waals surface area contributed by atoms with Crippen molar-refractivity contribution in [2.75, 3.05) is 11.1 Å². The number of benzene rings is 2. The van der Waals surface area contributed by atoms with Gasteiger partial charge in [-0.15, -0.1) is 0 Å². The van der Waals surface area contributed by atoms with Crippen molar-refractivity contribution in [3.63, 3.8) is 0 Å². The zero-order chi connectivity index (χ0) is 24.3. The quantitative estimate of drug-likeness (QED) is 0.540. The fourth-order valence-corrected chi connectivity index (χ4v) is 5.44. The summed E-state index contributed by atoms with van der Waals surface area (Å²) < 4.78 is 28.0. The number of fused-ring (bicyclic) bond motifs is 1. The lowest BCUT2D eigenvalue weighted by Gasteiger charge is -2.31. The molecule has 0 atom stereocenters. The molecule has 0 aliphatic heterocycles. The van der Waals surface area contributed by atoms with Crippen LogP contribution in [0.1, 0.15) is 33.3 Å². The summed E-state index contributed by atoms with van der Waals surface area (Å²) in [6, 6.07) is 14.2. The third kappa shape index (κ3) is 5.63. The zero-order valence-corrected chi connectivity index (χ0v) is 20.5. The van der Waals surface area contributed by atoms with E-state index in [4.69, 9.17) is 0 Å². The van der Waals surface area contributed by atoms with Crippen LogP contribution in [0.4, 0.5) is 5.69 Å². The smallest absolute Gasteiger partial charge is 0.242 e. The standard InChI is InChI=1S/C25H31N3O4S/c1-17(2)28(18(3)4)25(30)15-27-14-23(21-8-6-7-9-22(21)27)33(31,32)16-24(29)26-20-12-10-19(5)11-13-20/h6-14,17-18H,15-16H2,1-5H3,(H,26,29). The van der Waals surface area contributed by atoms with Crippen LogP contribution in [0.5, 0.6) is 0 Å². The number of para-hydroxylation sites is 1. The number of nitrogens with one attached hydrogen (secondary N) is 1. The van der Waals surface area contributed by atoms with Crippen LogP contribution in [0, 0.1) is 6.92 Å². The average Bonchev–Trinajstić information content (AvgIpc) is 3.08. The Balaban J connectivity index is 1.89. The lowest BCUT2D eigenvalue weighted by molar-refractivity contribution is -0.135. The fraction of sp³-hybridized carbons (Fsp3) is 0.360. The fourth-order valence-electron chi connectivity index (χ4n) is 4.08. The number of hydrogen-bond acceptors (Lipinski definition) is 4. The first kappa shape index (κ1) is 24.5. The second-order valence-electron chi connectivity index (χ2n) is 8.80. The molecule has 0 spiro atoms. The number of aromatic nitrogens is 1. The van der Waals surface area contributed by atoms with Crippen molar-refractivity contribution in [3.8, 4) is 0 Å². The number of anilines is 1. The number of rotatable bonds is 8. The van der Waals surface area contributed by atoms with Gasteiger partial charge in [0.25, 0.3) is 0 Å². The normalized spacial score (nSPS) is 11.8. The van der Waals surface area contributed by atoms with Crippen LogP contribution >= 0.6 is 0 Å². The van der Waals surface area contributed by atoms with E-state index < -0.39 is 21.5 Å². The number of amides is 2. The summed E-state index contributed by atoms with van der Waals surface area (Å²) in [6.07, 6.45) is 1.47. The van der Waals surface area contributed by atoms with Gasteiger partial charge in [0.15, 0.2) is 9.84 Å². The monoisotopic (exact) mass is 469 g/mol. The van der Waals surface area contributed by atoms with Crippen LogP contribution in [-0.4, -0.2) is 47.5 Å².